The number of allylic oxidation sites excluding steroid dienone is 1. The predicted octanol–water partition coefficient (Wildman–Crippen LogP) is 3.92. The molecule has 8 heteroatoms. The fourth-order valence-electron chi connectivity index (χ4n) is 3.62. The third kappa shape index (κ3) is 4.71. The summed E-state index contributed by atoms with van der Waals surface area (Å²) in [4.78, 5) is 15.0. The van der Waals surface area contributed by atoms with E-state index in [1.165, 1.54) is 7.11 Å². The quantitative estimate of drug-likeness (QED) is 0.369. The molecule has 0 fully saturated rings. The molecule has 0 saturated carbocycles. The number of phenols is 1. The molecule has 170 valence electrons. The molecule has 2 aromatic rings. The maximum absolute atomic E-state index is 13.1. The van der Waals surface area contributed by atoms with E-state index < -0.39 is 12.0 Å². The summed E-state index contributed by atoms with van der Waals surface area (Å²) in [5.74, 6) is -0.170. The van der Waals surface area contributed by atoms with Crippen molar-refractivity contribution in [2.24, 2.45) is 0 Å². The molecule has 0 bridgehead atoms. The average Bonchev–Trinajstić information content (AvgIpc) is 2.75. The number of carbonyl (C=O) groups is 1. The van der Waals surface area contributed by atoms with Crippen molar-refractivity contribution in [2.45, 2.75) is 26.8 Å². The maximum atomic E-state index is 13.1. The topological polar surface area (TPSA) is 80.3 Å². The number of methoxy groups -OCH3 is 2. The summed E-state index contributed by atoms with van der Waals surface area (Å²) in [6.45, 7) is 6.33. The SMILES string of the molecule is COCCOC(=O)C1=C(C)N(c2ccc(C)c(C)c2)C(=S)N[C@H]1c1ccc(OC)c(O)c1. The van der Waals surface area contributed by atoms with Gasteiger partial charge in [0.1, 0.15) is 6.61 Å². The second kappa shape index (κ2) is 10.0. The van der Waals surface area contributed by atoms with Crippen LogP contribution in [0.5, 0.6) is 11.5 Å². The molecule has 0 amide bonds. The van der Waals surface area contributed by atoms with Gasteiger partial charge in [0.15, 0.2) is 16.6 Å². The monoisotopic (exact) mass is 456 g/mol. The first-order valence-electron chi connectivity index (χ1n) is 10.2. The van der Waals surface area contributed by atoms with Gasteiger partial charge in [-0.2, -0.15) is 0 Å². The Kier molecular flexibility index (Phi) is 7.37. The number of aryl methyl sites for hydroxylation is 2. The number of nitrogens with one attached hydrogen (secondary N) is 1. The van der Waals surface area contributed by atoms with E-state index in [4.69, 9.17) is 26.4 Å². The van der Waals surface area contributed by atoms with Gasteiger partial charge in [-0.05, 0) is 73.9 Å². The van der Waals surface area contributed by atoms with Crippen LogP contribution in [0.2, 0.25) is 0 Å². The number of carbonyl (C=O) groups excluding carboxylic acids is 1. The van der Waals surface area contributed by atoms with E-state index in [0.29, 0.717) is 34.3 Å². The van der Waals surface area contributed by atoms with Crippen LogP contribution >= 0.6 is 12.2 Å². The molecule has 0 aromatic heterocycles. The van der Waals surface area contributed by atoms with Gasteiger partial charge in [0.2, 0.25) is 0 Å². The third-order valence-electron chi connectivity index (χ3n) is 5.51. The zero-order valence-electron chi connectivity index (χ0n) is 18.9. The van der Waals surface area contributed by atoms with Crippen molar-refractivity contribution >= 4 is 29.0 Å². The highest BCUT2D eigenvalue weighted by Crippen LogP contribution is 2.37. The third-order valence-corrected chi connectivity index (χ3v) is 5.81. The van der Waals surface area contributed by atoms with Crippen LogP contribution in [-0.4, -0.2) is 43.6 Å². The van der Waals surface area contributed by atoms with Crippen molar-refractivity contribution in [1.82, 2.24) is 5.32 Å². The number of anilines is 1. The lowest BCUT2D eigenvalue weighted by Gasteiger charge is -2.37. The van der Waals surface area contributed by atoms with Gasteiger partial charge in [-0.15, -0.1) is 0 Å². The first-order valence-corrected chi connectivity index (χ1v) is 10.6. The van der Waals surface area contributed by atoms with Gasteiger partial charge < -0.3 is 24.6 Å². The molecular formula is C24H28N2O5S. The highest BCUT2D eigenvalue weighted by atomic mass is 32.1. The minimum absolute atomic E-state index is 0.0286. The van der Waals surface area contributed by atoms with E-state index >= 15 is 0 Å². The van der Waals surface area contributed by atoms with Crippen LogP contribution in [0.15, 0.2) is 47.7 Å². The number of rotatable bonds is 7. The normalized spacial score (nSPS) is 16.1. The van der Waals surface area contributed by atoms with E-state index in [2.05, 4.69) is 5.32 Å². The summed E-state index contributed by atoms with van der Waals surface area (Å²) in [7, 11) is 3.02. The number of phenolic OH excluding ortho intramolecular Hbond substituents is 1. The average molecular weight is 457 g/mol. The zero-order valence-corrected chi connectivity index (χ0v) is 19.7. The summed E-state index contributed by atoms with van der Waals surface area (Å²) in [5.41, 5.74) is 4.84. The summed E-state index contributed by atoms with van der Waals surface area (Å²) in [6, 6.07) is 10.4. The van der Waals surface area contributed by atoms with Crippen molar-refractivity contribution in [1.29, 1.82) is 0 Å². The van der Waals surface area contributed by atoms with E-state index in [1.54, 1.807) is 25.3 Å². The van der Waals surface area contributed by atoms with Crippen LogP contribution in [0.25, 0.3) is 0 Å². The van der Waals surface area contributed by atoms with Gasteiger partial charge >= 0.3 is 5.97 Å². The first-order chi connectivity index (χ1) is 15.3. The molecule has 1 aliphatic heterocycles. The molecule has 1 aliphatic rings. The van der Waals surface area contributed by atoms with E-state index in [1.807, 2.05) is 43.9 Å². The van der Waals surface area contributed by atoms with Gasteiger partial charge in [-0.1, -0.05) is 12.1 Å². The highest BCUT2D eigenvalue weighted by molar-refractivity contribution is 7.80. The molecule has 0 saturated heterocycles. The Hall–Kier alpha value is -3.10. The molecule has 2 N–H and O–H groups in total. The van der Waals surface area contributed by atoms with Crippen LogP contribution < -0.4 is 15.0 Å². The van der Waals surface area contributed by atoms with E-state index in [0.717, 1.165) is 16.8 Å². The number of hydrogen-bond donors (Lipinski definition) is 2. The van der Waals surface area contributed by atoms with Gasteiger partial charge in [0.25, 0.3) is 0 Å². The van der Waals surface area contributed by atoms with Crippen LogP contribution in [0, 0.1) is 13.8 Å². The van der Waals surface area contributed by atoms with Crippen molar-refractivity contribution in [3.05, 3.63) is 64.4 Å². The number of benzene rings is 2. The summed E-state index contributed by atoms with van der Waals surface area (Å²) in [5, 5.41) is 14.0. The van der Waals surface area contributed by atoms with Gasteiger partial charge in [0.05, 0.1) is 25.3 Å². The van der Waals surface area contributed by atoms with Gasteiger partial charge in [0, 0.05) is 18.5 Å². The van der Waals surface area contributed by atoms with Gasteiger partial charge in [-0.25, -0.2) is 4.79 Å². The van der Waals surface area contributed by atoms with Crippen molar-refractivity contribution < 1.29 is 24.1 Å². The van der Waals surface area contributed by atoms with Crippen molar-refractivity contribution in [3.63, 3.8) is 0 Å². The molecule has 3 rings (SSSR count). The summed E-state index contributed by atoms with van der Waals surface area (Å²) >= 11 is 5.69. The molecule has 0 radical (unpaired) electrons. The molecule has 7 nitrogen and oxygen atoms in total. The van der Waals surface area contributed by atoms with Crippen LogP contribution in [0.3, 0.4) is 0 Å². The number of aromatic hydroxyl groups is 1. The minimum Gasteiger partial charge on any atom is -0.504 e. The maximum Gasteiger partial charge on any atom is 0.338 e. The van der Waals surface area contributed by atoms with Crippen LogP contribution in [-0.2, 0) is 14.3 Å². The summed E-state index contributed by atoms with van der Waals surface area (Å²) < 4.78 is 15.6. The molecule has 0 aliphatic carbocycles. The number of nitrogens with zero attached hydrogens (tertiary/aromatic N) is 1. The molecule has 0 spiro atoms. The number of hydrogen-bond acceptors (Lipinski definition) is 6. The molecule has 1 heterocycles. The molecule has 0 unspecified atom stereocenters. The lowest BCUT2D eigenvalue weighted by Crippen LogP contribution is -2.48. The minimum atomic E-state index is -0.600. The Bertz CT molecular complexity index is 1070. The Balaban J connectivity index is 2.10. The standard InChI is InChI=1S/C24H28N2O5S/c1-14-6-8-18(12-15(14)2)26-16(3)21(23(28)31-11-10-29-4)22(25-24(26)32)17-7-9-20(30-5)19(27)13-17/h6-9,12-13,22,27H,10-11H2,1-5H3,(H,25,32)/t22-/m0/s1. The Morgan fingerprint density at radius 2 is 1.84 bits per heavy atom. The fraction of sp³-hybridized carbons (Fsp3) is 0.333. The van der Waals surface area contributed by atoms with E-state index in [-0.39, 0.29) is 12.4 Å². The Morgan fingerprint density at radius 3 is 2.47 bits per heavy atom. The van der Waals surface area contributed by atoms with Crippen molar-refractivity contribution in [3.8, 4) is 11.5 Å². The van der Waals surface area contributed by atoms with Gasteiger partial charge in [-0.3, -0.25) is 4.90 Å². The first kappa shape index (κ1) is 23.6. The number of thiocarbonyl (C=S) groups is 1. The smallest absolute Gasteiger partial charge is 0.338 e. The lowest BCUT2D eigenvalue weighted by molar-refractivity contribution is -0.140. The number of esters is 1. The highest BCUT2D eigenvalue weighted by Gasteiger charge is 2.36. The second-order valence-electron chi connectivity index (χ2n) is 7.55. The molecular weight excluding hydrogens is 428 g/mol. The van der Waals surface area contributed by atoms with Crippen LogP contribution in [0.4, 0.5) is 5.69 Å². The van der Waals surface area contributed by atoms with Crippen molar-refractivity contribution in [2.75, 3.05) is 32.3 Å². The predicted molar refractivity (Wildman–Crippen MR) is 127 cm³/mol. The van der Waals surface area contributed by atoms with Crippen LogP contribution in [0.1, 0.15) is 29.7 Å². The molecule has 2 aromatic carbocycles. The zero-order chi connectivity index (χ0) is 23.4. The molecule has 1 atom stereocenters. The molecule has 32 heavy (non-hydrogen) atoms. The lowest BCUT2D eigenvalue weighted by atomic mass is 9.94. The Morgan fingerprint density at radius 1 is 1.09 bits per heavy atom. The Labute approximate surface area is 193 Å². The largest absolute Gasteiger partial charge is 0.504 e. The second-order valence-corrected chi connectivity index (χ2v) is 7.93. The van der Waals surface area contributed by atoms with E-state index in [9.17, 15) is 9.90 Å². The summed E-state index contributed by atoms with van der Waals surface area (Å²) in [6.07, 6.45) is 0. The number of ether oxygens (including phenoxy) is 3. The fourth-order valence-corrected chi connectivity index (χ4v) is 3.98.